The number of hydrogen-bond acceptors (Lipinski definition) is 4. The van der Waals surface area contributed by atoms with Crippen molar-refractivity contribution in [2.24, 2.45) is 5.92 Å². The molecule has 0 unspecified atom stereocenters. The van der Waals surface area contributed by atoms with E-state index in [2.05, 4.69) is 62.3 Å². The van der Waals surface area contributed by atoms with Crippen LogP contribution in [0.2, 0.25) is 0 Å². The van der Waals surface area contributed by atoms with Crippen LogP contribution in [-0.4, -0.2) is 38.2 Å². The molecule has 6 rings (SSSR count). The number of H-pyrrole nitrogens is 2. The number of halogens is 1. The van der Waals surface area contributed by atoms with Crippen molar-refractivity contribution in [3.05, 3.63) is 114 Å². The van der Waals surface area contributed by atoms with Crippen LogP contribution in [-0.2, 0) is 6.54 Å². The molecule has 46 heavy (non-hydrogen) atoms. The lowest BCUT2D eigenvalue weighted by molar-refractivity contribution is 0.607. The molecule has 0 aliphatic heterocycles. The van der Waals surface area contributed by atoms with Gasteiger partial charge in [-0.1, -0.05) is 55.9 Å². The van der Waals surface area contributed by atoms with Gasteiger partial charge < -0.3 is 10.3 Å². The van der Waals surface area contributed by atoms with Gasteiger partial charge in [-0.3, -0.25) is 9.82 Å². The highest BCUT2D eigenvalue weighted by Gasteiger charge is 2.19. The molecule has 0 amide bonds. The lowest BCUT2D eigenvalue weighted by atomic mass is 9.99. The van der Waals surface area contributed by atoms with Crippen LogP contribution in [0, 0.1) is 11.7 Å². The minimum absolute atomic E-state index is 0.284. The fourth-order valence-corrected chi connectivity index (χ4v) is 6.64. The number of allylic oxidation sites excluding steroid dienone is 5. The summed E-state index contributed by atoms with van der Waals surface area (Å²) in [6.07, 6.45) is 12.8. The van der Waals surface area contributed by atoms with Crippen LogP contribution in [0.25, 0.3) is 50.0 Å². The summed E-state index contributed by atoms with van der Waals surface area (Å²) < 4.78 is 18.1. The summed E-state index contributed by atoms with van der Waals surface area (Å²) >= 11 is 0. The van der Waals surface area contributed by atoms with Crippen molar-refractivity contribution in [1.29, 1.82) is 0 Å². The van der Waals surface area contributed by atoms with Gasteiger partial charge in [0.1, 0.15) is 17.0 Å². The summed E-state index contributed by atoms with van der Waals surface area (Å²) in [6.45, 7) is 10.8. The topological polar surface area (TPSA) is 81.4 Å². The largest absolute Gasteiger partial charge is 0.359 e. The van der Waals surface area contributed by atoms with Gasteiger partial charge in [0.25, 0.3) is 0 Å². The molecule has 5 aromatic rings. The first-order valence-corrected chi connectivity index (χ1v) is 17.9. The number of aromatic amines is 2. The van der Waals surface area contributed by atoms with Crippen molar-refractivity contribution in [2.45, 2.75) is 39.2 Å². The van der Waals surface area contributed by atoms with Crippen molar-refractivity contribution < 1.29 is 4.39 Å². The molecule has 4 N–H and O–H groups in total. The number of aromatic nitrogens is 4. The Morgan fingerprint density at radius 1 is 1.09 bits per heavy atom. The van der Waals surface area contributed by atoms with E-state index in [0.717, 1.165) is 67.0 Å². The van der Waals surface area contributed by atoms with E-state index in [4.69, 9.17) is 4.98 Å². The third-order valence-electron chi connectivity index (χ3n) is 8.51. The summed E-state index contributed by atoms with van der Waals surface area (Å²) in [5.41, 5.74) is 10.4. The number of pyridine rings is 1. The van der Waals surface area contributed by atoms with E-state index >= 15 is 0 Å². The van der Waals surface area contributed by atoms with Gasteiger partial charge in [0.15, 0.2) is 0 Å². The SMILES string of the molecule is C=C/C(=C\C(=C/C)c1ccc2[nH]nc(-c3cc4c(-c5cc(F)cc(CNS(=C)(=C)C)c5)cccc4[nH]3)c2n1)NC(=C)C1CCCC1. The van der Waals surface area contributed by atoms with Crippen LogP contribution < -0.4 is 10.0 Å². The van der Waals surface area contributed by atoms with Crippen LogP contribution in [0.4, 0.5) is 4.39 Å². The zero-order valence-corrected chi connectivity index (χ0v) is 27.4. The number of benzene rings is 2. The Labute approximate surface area is 270 Å². The number of fused-ring (bicyclic) bond motifs is 2. The second-order valence-corrected chi connectivity index (χ2v) is 15.1. The Morgan fingerprint density at radius 2 is 1.89 bits per heavy atom. The van der Waals surface area contributed by atoms with Gasteiger partial charge in [0, 0.05) is 28.8 Å². The zero-order valence-electron chi connectivity index (χ0n) is 26.6. The average molecular weight is 633 g/mol. The maximum Gasteiger partial charge on any atom is 0.135 e. The van der Waals surface area contributed by atoms with Crippen molar-refractivity contribution in [3.63, 3.8) is 0 Å². The highest BCUT2D eigenvalue weighted by atomic mass is 32.2. The third kappa shape index (κ3) is 6.78. The molecule has 0 saturated heterocycles. The van der Waals surface area contributed by atoms with Crippen LogP contribution >= 0.6 is 9.39 Å². The van der Waals surface area contributed by atoms with Gasteiger partial charge in [0.05, 0.1) is 16.9 Å². The lowest BCUT2D eigenvalue weighted by Gasteiger charge is -2.16. The summed E-state index contributed by atoms with van der Waals surface area (Å²) in [6, 6.07) is 17.2. The van der Waals surface area contributed by atoms with Gasteiger partial charge in [-0.15, -0.1) is 0 Å². The summed E-state index contributed by atoms with van der Waals surface area (Å²) in [4.78, 5) is 8.59. The Kier molecular flexibility index (Phi) is 8.84. The Bertz CT molecular complexity index is 2120. The van der Waals surface area contributed by atoms with Gasteiger partial charge >= 0.3 is 0 Å². The van der Waals surface area contributed by atoms with Crippen LogP contribution in [0.3, 0.4) is 0 Å². The monoisotopic (exact) mass is 632 g/mol. The fraction of sp³-hybridized carbons (Fsp3) is 0.211. The van der Waals surface area contributed by atoms with Crippen molar-refractivity contribution in [2.75, 3.05) is 6.26 Å². The quantitative estimate of drug-likeness (QED) is 0.0866. The smallest absolute Gasteiger partial charge is 0.135 e. The lowest BCUT2D eigenvalue weighted by Crippen LogP contribution is -2.16. The highest BCUT2D eigenvalue weighted by molar-refractivity contribution is 8.25. The molecule has 0 bridgehead atoms. The molecule has 3 heterocycles. The van der Waals surface area contributed by atoms with E-state index in [1.54, 1.807) is 12.1 Å². The second-order valence-electron chi connectivity index (χ2n) is 12.2. The molecule has 236 valence electrons. The number of rotatable bonds is 11. The molecule has 0 spiro atoms. The molecule has 0 radical (unpaired) electrons. The first-order valence-electron chi connectivity index (χ1n) is 15.5. The number of hydrogen-bond donors (Lipinski definition) is 4. The molecular weight excluding hydrogens is 592 g/mol. The predicted octanol–water partition coefficient (Wildman–Crippen LogP) is 8.98. The zero-order chi connectivity index (χ0) is 32.4. The van der Waals surface area contributed by atoms with E-state index in [-0.39, 0.29) is 5.82 Å². The van der Waals surface area contributed by atoms with E-state index in [1.165, 1.54) is 25.7 Å². The first-order chi connectivity index (χ1) is 22.1. The van der Waals surface area contributed by atoms with Crippen molar-refractivity contribution in [1.82, 2.24) is 30.2 Å². The Hall–Kier alpha value is -4.66. The third-order valence-corrected chi connectivity index (χ3v) is 9.35. The second kappa shape index (κ2) is 13.0. The summed E-state index contributed by atoms with van der Waals surface area (Å²) in [7, 11) is -1.42. The molecule has 8 heteroatoms. The molecule has 6 nitrogen and oxygen atoms in total. The van der Waals surface area contributed by atoms with Crippen molar-refractivity contribution >= 4 is 48.6 Å². The maximum absolute atomic E-state index is 14.8. The Morgan fingerprint density at radius 3 is 2.63 bits per heavy atom. The first kappa shape index (κ1) is 31.3. The summed E-state index contributed by atoms with van der Waals surface area (Å²) in [5.74, 6) is 8.36. The molecule has 3 aromatic heterocycles. The van der Waals surface area contributed by atoms with Crippen molar-refractivity contribution in [3.8, 4) is 22.5 Å². The number of nitrogens with one attached hydrogen (secondary N) is 4. The van der Waals surface area contributed by atoms with E-state index < -0.39 is 9.39 Å². The molecule has 1 aliphatic carbocycles. The molecule has 1 aliphatic rings. The molecule has 1 fully saturated rings. The minimum atomic E-state index is -1.42. The summed E-state index contributed by atoms with van der Waals surface area (Å²) in [5, 5.41) is 12.3. The molecule has 1 saturated carbocycles. The van der Waals surface area contributed by atoms with Crippen LogP contribution in [0.1, 0.15) is 43.9 Å². The number of nitrogens with zero attached hydrogens (tertiary/aromatic N) is 2. The maximum atomic E-state index is 14.8. The standard InChI is InChI=1S/C38H41FN6S/c1-7-26(21-30(8-2)41-24(3)27-12-9-10-13-27)33-16-17-35-37(43-33)38(45-44-35)36-22-32-31(14-11-15-34(32)42-36)28-18-25(19-29(39)20-28)23-40-46(4,5)6/h7-8,11,14-22,27,40-42H,2-5,9-10,12-13,23H2,1,6H3,(H,44,45)/b26-7+,30-21+. The molecule has 0 atom stereocenters. The van der Waals surface area contributed by atoms with Gasteiger partial charge in [-0.2, -0.15) is 14.5 Å². The van der Waals surface area contributed by atoms with Gasteiger partial charge in [0.2, 0.25) is 0 Å². The predicted molar refractivity (Wildman–Crippen MR) is 197 cm³/mol. The average Bonchev–Trinajstić information content (AvgIpc) is 3.81. The Balaban J connectivity index is 1.34. The van der Waals surface area contributed by atoms with E-state index in [0.29, 0.717) is 18.2 Å². The minimum Gasteiger partial charge on any atom is -0.359 e. The van der Waals surface area contributed by atoms with Gasteiger partial charge in [-0.25, -0.2) is 9.37 Å². The normalized spacial score (nSPS) is 14.8. The molecular formula is C38H41FN6S. The van der Waals surface area contributed by atoms with E-state index in [1.807, 2.05) is 61.7 Å². The fourth-order valence-electron chi connectivity index (χ4n) is 6.13. The molecule has 2 aromatic carbocycles. The highest BCUT2D eigenvalue weighted by Crippen LogP contribution is 2.35. The van der Waals surface area contributed by atoms with Crippen LogP contribution in [0.5, 0.6) is 0 Å². The van der Waals surface area contributed by atoms with E-state index in [9.17, 15) is 4.39 Å². The van der Waals surface area contributed by atoms with Crippen LogP contribution in [0.15, 0.2) is 97.4 Å². The van der Waals surface area contributed by atoms with Gasteiger partial charge in [-0.05, 0) is 109 Å².